The molecule has 130 valence electrons. The highest BCUT2D eigenvalue weighted by Gasteiger charge is 2.15. The van der Waals surface area contributed by atoms with E-state index in [1.807, 2.05) is 24.4 Å². The van der Waals surface area contributed by atoms with Crippen molar-refractivity contribution >= 4 is 11.5 Å². The molecule has 4 rings (SSSR count). The van der Waals surface area contributed by atoms with Crippen LogP contribution in [0.25, 0.3) is 16.9 Å². The number of fused-ring (bicyclic) bond motifs is 1. The van der Waals surface area contributed by atoms with Gasteiger partial charge in [-0.05, 0) is 30.2 Å². The second kappa shape index (κ2) is 6.92. The van der Waals surface area contributed by atoms with Gasteiger partial charge in [0.2, 0.25) is 0 Å². The third-order valence-electron chi connectivity index (χ3n) is 4.33. The van der Waals surface area contributed by atoms with Gasteiger partial charge in [0.05, 0.1) is 17.9 Å². The SMILES string of the molecule is CC[C@@H](Nc1cc(-c2ccccc2F)nc2ccnn12)c1cccnc1. The molecule has 0 fully saturated rings. The van der Waals surface area contributed by atoms with E-state index in [9.17, 15) is 4.39 Å². The topological polar surface area (TPSA) is 55.1 Å². The summed E-state index contributed by atoms with van der Waals surface area (Å²) in [6.45, 7) is 2.10. The number of halogens is 1. The number of nitrogens with one attached hydrogen (secondary N) is 1. The van der Waals surface area contributed by atoms with Crippen LogP contribution < -0.4 is 5.32 Å². The van der Waals surface area contributed by atoms with E-state index in [2.05, 4.69) is 27.3 Å². The summed E-state index contributed by atoms with van der Waals surface area (Å²) in [6.07, 6.45) is 6.15. The molecule has 4 aromatic rings. The molecule has 0 spiro atoms. The Morgan fingerprint density at radius 3 is 2.77 bits per heavy atom. The molecule has 3 aromatic heterocycles. The molecular formula is C20H18FN5. The van der Waals surface area contributed by atoms with Gasteiger partial charge in [0.15, 0.2) is 5.65 Å². The Morgan fingerprint density at radius 1 is 1.12 bits per heavy atom. The van der Waals surface area contributed by atoms with Gasteiger partial charge >= 0.3 is 0 Å². The third kappa shape index (κ3) is 3.01. The van der Waals surface area contributed by atoms with Gasteiger partial charge < -0.3 is 5.32 Å². The maximum absolute atomic E-state index is 14.2. The molecule has 0 aliphatic rings. The lowest BCUT2D eigenvalue weighted by molar-refractivity contribution is 0.630. The minimum atomic E-state index is -0.297. The smallest absolute Gasteiger partial charge is 0.157 e. The molecule has 5 nitrogen and oxygen atoms in total. The standard InChI is InChI=1S/C20H18FN5/c1-2-17(14-6-5-10-22-13-14)24-20-12-18(15-7-3-4-8-16(15)21)25-19-9-11-23-26(19)20/h3-13,17,24H,2H2,1H3/t17-/m1/s1. The minimum absolute atomic E-state index is 0.0620. The summed E-state index contributed by atoms with van der Waals surface area (Å²) >= 11 is 0. The van der Waals surface area contributed by atoms with Crippen molar-refractivity contribution in [2.75, 3.05) is 5.32 Å². The summed E-state index contributed by atoms with van der Waals surface area (Å²) in [7, 11) is 0. The van der Waals surface area contributed by atoms with Gasteiger partial charge in [-0.15, -0.1) is 0 Å². The summed E-state index contributed by atoms with van der Waals surface area (Å²) < 4.78 is 16.0. The Bertz CT molecular complexity index is 1030. The van der Waals surface area contributed by atoms with Crippen LogP contribution in [0, 0.1) is 5.82 Å². The molecule has 0 radical (unpaired) electrons. The van der Waals surface area contributed by atoms with Gasteiger partial charge in [-0.2, -0.15) is 9.61 Å². The van der Waals surface area contributed by atoms with Crippen LogP contribution in [-0.4, -0.2) is 19.6 Å². The number of benzene rings is 1. The number of nitrogens with zero attached hydrogens (tertiary/aromatic N) is 4. The molecule has 0 aliphatic carbocycles. The third-order valence-corrected chi connectivity index (χ3v) is 4.33. The van der Waals surface area contributed by atoms with Crippen LogP contribution in [0.5, 0.6) is 0 Å². The molecule has 0 bridgehead atoms. The van der Waals surface area contributed by atoms with E-state index in [0.29, 0.717) is 16.9 Å². The summed E-state index contributed by atoms with van der Waals surface area (Å²) in [4.78, 5) is 8.74. The summed E-state index contributed by atoms with van der Waals surface area (Å²) in [5.74, 6) is 0.461. The van der Waals surface area contributed by atoms with Gasteiger partial charge in [-0.1, -0.05) is 25.1 Å². The van der Waals surface area contributed by atoms with E-state index < -0.39 is 0 Å². The van der Waals surface area contributed by atoms with E-state index in [0.717, 1.165) is 17.8 Å². The Kier molecular flexibility index (Phi) is 4.31. The molecule has 0 saturated carbocycles. The molecule has 1 aromatic carbocycles. The second-order valence-corrected chi connectivity index (χ2v) is 6.00. The summed E-state index contributed by atoms with van der Waals surface area (Å²) in [5, 5.41) is 7.84. The summed E-state index contributed by atoms with van der Waals surface area (Å²) in [5.41, 5.74) is 2.78. The molecule has 26 heavy (non-hydrogen) atoms. The van der Waals surface area contributed by atoms with Crippen LogP contribution in [0.4, 0.5) is 10.2 Å². The fourth-order valence-electron chi connectivity index (χ4n) is 3.00. The van der Waals surface area contributed by atoms with E-state index in [4.69, 9.17) is 0 Å². The average molecular weight is 347 g/mol. The highest BCUT2D eigenvalue weighted by Crippen LogP contribution is 2.27. The molecule has 1 N–H and O–H groups in total. The van der Waals surface area contributed by atoms with Crippen LogP contribution in [-0.2, 0) is 0 Å². The van der Waals surface area contributed by atoms with Crippen molar-refractivity contribution in [3.05, 3.63) is 78.5 Å². The lowest BCUT2D eigenvalue weighted by Crippen LogP contribution is -2.13. The Labute approximate surface area is 150 Å². The maximum Gasteiger partial charge on any atom is 0.157 e. The van der Waals surface area contributed by atoms with Crippen molar-refractivity contribution in [3.8, 4) is 11.3 Å². The zero-order valence-corrected chi connectivity index (χ0v) is 14.3. The first kappa shape index (κ1) is 16.2. The zero-order chi connectivity index (χ0) is 17.9. The molecule has 0 saturated heterocycles. The fourth-order valence-corrected chi connectivity index (χ4v) is 3.00. The first-order valence-corrected chi connectivity index (χ1v) is 8.52. The fraction of sp³-hybridized carbons (Fsp3) is 0.150. The number of pyridine rings is 1. The predicted octanol–water partition coefficient (Wildman–Crippen LogP) is 4.49. The minimum Gasteiger partial charge on any atom is -0.363 e. The van der Waals surface area contributed by atoms with E-state index in [-0.39, 0.29) is 11.9 Å². The number of hydrogen-bond acceptors (Lipinski definition) is 4. The van der Waals surface area contributed by atoms with Gasteiger partial charge in [0, 0.05) is 30.1 Å². The van der Waals surface area contributed by atoms with E-state index in [1.165, 1.54) is 6.07 Å². The number of anilines is 1. The van der Waals surface area contributed by atoms with Crippen LogP contribution in [0.3, 0.4) is 0 Å². The van der Waals surface area contributed by atoms with Crippen molar-refractivity contribution in [2.45, 2.75) is 19.4 Å². The highest BCUT2D eigenvalue weighted by molar-refractivity contribution is 5.67. The number of aromatic nitrogens is 4. The average Bonchev–Trinajstić information content (AvgIpc) is 3.16. The van der Waals surface area contributed by atoms with E-state index >= 15 is 0 Å². The maximum atomic E-state index is 14.2. The normalized spacial score (nSPS) is 12.2. The van der Waals surface area contributed by atoms with Crippen LogP contribution >= 0.6 is 0 Å². The van der Waals surface area contributed by atoms with Crippen LogP contribution in [0.1, 0.15) is 24.9 Å². The Hall–Kier alpha value is -3.28. The first-order chi connectivity index (χ1) is 12.8. The molecule has 3 heterocycles. The van der Waals surface area contributed by atoms with Crippen molar-refractivity contribution in [3.63, 3.8) is 0 Å². The van der Waals surface area contributed by atoms with Gasteiger partial charge in [0.1, 0.15) is 11.6 Å². The Morgan fingerprint density at radius 2 is 2.00 bits per heavy atom. The van der Waals surface area contributed by atoms with Gasteiger partial charge in [-0.3, -0.25) is 4.98 Å². The van der Waals surface area contributed by atoms with Gasteiger partial charge in [0.25, 0.3) is 0 Å². The largest absolute Gasteiger partial charge is 0.363 e. The molecule has 0 unspecified atom stereocenters. The molecule has 1 atom stereocenters. The number of hydrogen-bond donors (Lipinski definition) is 1. The van der Waals surface area contributed by atoms with E-state index in [1.54, 1.807) is 41.2 Å². The Balaban J connectivity index is 1.79. The van der Waals surface area contributed by atoms with Crippen LogP contribution in [0.2, 0.25) is 0 Å². The van der Waals surface area contributed by atoms with Crippen molar-refractivity contribution in [1.29, 1.82) is 0 Å². The monoisotopic (exact) mass is 347 g/mol. The van der Waals surface area contributed by atoms with Gasteiger partial charge in [-0.25, -0.2) is 9.37 Å². The second-order valence-electron chi connectivity index (χ2n) is 6.00. The lowest BCUT2D eigenvalue weighted by Gasteiger charge is -2.19. The summed E-state index contributed by atoms with van der Waals surface area (Å²) in [6, 6.07) is 14.3. The van der Waals surface area contributed by atoms with Crippen molar-refractivity contribution in [2.24, 2.45) is 0 Å². The molecule has 6 heteroatoms. The first-order valence-electron chi connectivity index (χ1n) is 8.52. The lowest BCUT2D eigenvalue weighted by atomic mass is 10.1. The number of rotatable bonds is 5. The predicted molar refractivity (Wildman–Crippen MR) is 99.3 cm³/mol. The van der Waals surface area contributed by atoms with Crippen molar-refractivity contribution in [1.82, 2.24) is 19.6 Å². The zero-order valence-electron chi connectivity index (χ0n) is 14.3. The van der Waals surface area contributed by atoms with Crippen molar-refractivity contribution < 1.29 is 4.39 Å². The molecule has 0 aliphatic heterocycles. The molecular weight excluding hydrogens is 329 g/mol. The molecule has 0 amide bonds. The quantitative estimate of drug-likeness (QED) is 0.578. The highest BCUT2D eigenvalue weighted by atomic mass is 19.1. The van der Waals surface area contributed by atoms with Crippen LogP contribution in [0.15, 0.2) is 67.1 Å².